The smallest absolute Gasteiger partial charge is 0.348 e. The molecule has 0 spiro atoms. The van der Waals surface area contributed by atoms with E-state index in [0.29, 0.717) is 20.8 Å². The molecule has 4 N–H and O–H groups in total. The highest BCUT2D eigenvalue weighted by Gasteiger charge is 2.18. The first-order valence-electron chi connectivity index (χ1n) is 7.82. The van der Waals surface area contributed by atoms with Gasteiger partial charge in [0.15, 0.2) is 0 Å². The van der Waals surface area contributed by atoms with Gasteiger partial charge in [-0.05, 0) is 48.5 Å². The number of fused-ring (bicyclic) bond motifs is 1. The first kappa shape index (κ1) is 16.9. The van der Waals surface area contributed by atoms with Gasteiger partial charge in [-0.15, -0.1) is 0 Å². The number of hydrogen-bond acceptors (Lipinski definition) is 3. The van der Waals surface area contributed by atoms with Crippen LogP contribution in [0.5, 0.6) is 5.88 Å². The minimum atomic E-state index is -0.751. The Bertz CT molecular complexity index is 1220. The van der Waals surface area contributed by atoms with E-state index in [0.717, 1.165) is 5.39 Å². The molecule has 0 fully saturated rings. The van der Waals surface area contributed by atoms with Crippen LogP contribution < -0.4 is 11.1 Å². The van der Waals surface area contributed by atoms with Crippen molar-refractivity contribution >= 4 is 28.4 Å². The number of aromatic amines is 2. The van der Waals surface area contributed by atoms with Crippen LogP contribution in [0.15, 0.2) is 53.3 Å². The maximum Gasteiger partial charge on any atom is 0.348 e. The molecule has 4 aromatic rings. The fourth-order valence-corrected chi connectivity index (χ4v) is 2.92. The molecule has 2 heterocycles. The third-order valence-corrected chi connectivity index (χ3v) is 4.28. The van der Waals surface area contributed by atoms with Gasteiger partial charge in [0.2, 0.25) is 5.88 Å². The van der Waals surface area contributed by atoms with Crippen LogP contribution in [0.1, 0.15) is 10.5 Å². The summed E-state index contributed by atoms with van der Waals surface area (Å²) < 4.78 is 13.7. The molecule has 4 rings (SSSR count). The topological polar surface area (TPSA) is 103 Å². The zero-order valence-corrected chi connectivity index (χ0v) is 14.3. The van der Waals surface area contributed by atoms with E-state index in [9.17, 15) is 19.1 Å². The Morgan fingerprint density at radius 2 is 1.85 bits per heavy atom. The van der Waals surface area contributed by atoms with Crippen molar-refractivity contribution in [1.29, 1.82) is 0 Å². The molecule has 7 nitrogen and oxygen atoms in total. The third-order valence-electron chi connectivity index (χ3n) is 4.04. The van der Waals surface area contributed by atoms with E-state index in [-0.39, 0.29) is 11.4 Å². The minimum Gasteiger partial charge on any atom is -0.492 e. The van der Waals surface area contributed by atoms with Crippen molar-refractivity contribution in [3.63, 3.8) is 0 Å². The van der Waals surface area contributed by atoms with Gasteiger partial charge in [0.05, 0.1) is 0 Å². The molecule has 2 aromatic heterocycles. The zero-order valence-electron chi connectivity index (χ0n) is 13.6. The van der Waals surface area contributed by atoms with Crippen LogP contribution in [0.2, 0.25) is 5.02 Å². The second-order valence-electron chi connectivity index (χ2n) is 5.83. The summed E-state index contributed by atoms with van der Waals surface area (Å²) in [6.07, 6.45) is 0. The van der Waals surface area contributed by atoms with Crippen LogP contribution in [-0.4, -0.2) is 25.7 Å². The fourth-order valence-electron chi connectivity index (χ4n) is 2.74. The molecule has 0 bridgehead atoms. The number of carbonyl (C=O) groups excluding carboxylic acids is 1. The van der Waals surface area contributed by atoms with E-state index in [1.165, 1.54) is 24.3 Å². The Balaban J connectivity index is 1.66. The first-order chi connectivity index (χ1) is 12.9. The molecule has 27 heavy (non-hydrogen) atoms. The molecule has 0 unspecified atom stereocenters. The Labute approximate surface area is 156 Å². The SMILES string of the molecule is O=C(Nn1c(O)c(-c2ccc(F)cc2)[nH]c1=O)c1cc2cc(Cl)ccc2[nH]1. The van der Waals surface area contributed by atoms with E-state index in [2.05, 4.69) is 15.4 Å². The zero-order chi connectivity index (χ0) is 19.1. The van der Waals surface area contributed by atoms with Crippen molar-refractivity contribution in [1.82, 2.24) is 14.6 Å². The molecule has 0 radical (unpaired) electrons. The summed E-state index contributed by atoms with van der Waals surface area (Å²) in [7, 11) is 0. The van der Waals surface area contributed by atoms with Gasteiger partial charge < -0.3 is 15.1 Å². The number of nitrogens with one attached hydrogen (secondary N) is 3. The summed E-state index contributed by atoms with van der Waals surface area (Å²) in [6.45, 7) is 0. The number of hydrogen-bond donors (Lipinski definition) is 4. The van der Waals surface area contributed by atoms with E-state index in [4.69, 9.17) is 11.6 Å². The number of amides is 1. The number of rotatable bonds is 3. The molecular weight excluding hydrogens is 375 g/mol. The second kappa shape index (κ2) is 6.33. The molecule has 0 aliphatic carbocycles. The van der Waals surface area contributed by atoms with Crippen molar-refractivity contribution in [3.8, 4) is 17.1 Å². The monoisotopic (exact) mass is 386 g/mol. The Morgan fingerprint density at radius 1 is 1.11 bits per heavy atom. The Morgan fingerprint density at radius 3 is 2.59 bits per heavy atom. The summed E-state index contributed by atoms with van der Waals surface area (Å²) in [6, 6.07) is 11.8. The van der Waals surface area contributed by atoms with Crippen molar-refractivity contribution in [2.24, 2.45) is 0 Å². The molecule has 9 heteroatoms. The highest BCUT2D eigenvalue weighted by Crippen LogP contribution is 2.25. The molecule has 2 aromatic carbocycles. The predicted octanol–water partition coefficient (Wildman–Crippen LogP) is 3.21. The molecule has 1 amide bonds. The fraction of sp³-hybridized carbons (Fsp3) is 0. The summed E-state index contributed by atoms with van der Waals surface area (Å²) in [4.78, 5) is 29.9. The van der Waals surface area contributed by atoms with Crippen LogP contribution in [-0.2, 0) is 0 Å². The van der Waals surface area contributed by atoms with Gasteiger partial charge in [-0.2, -0.15) is 4.68 Å². The van der Waals surface area contributed by atoms with Crippen molar-refractivity contribution in [2.75, 3.05) is 5.43 Å². The average molecular weight is 387 g/mol. The van der Waals surface area contributed by atoms with Crippen molar-refractivity contribution in [2.45, 2.75) is 0 Å². The Hall–Kier alpha value is -3.52. The molecule has 0 aliphatic rings. The van der Waals surface area contributed by atoms with Gasteiger partial charge in [0, 0.05) is 21.5 Å². The van der Waals surface area contributed by atoms with Crippen molar-refractivity contribution < 1.29 is 14.3 Å². The first-order valence-corrected chi connectivity index (χ1v) is 8.20. The van der Waals surface area contributed by atoms with E-state index < -0.39 is 23.3 Å². The van der Waals surface area contributed by atoms with E-state index in [1.807, 2.05) is 0 Å². The Kier molecular flexibility index (Phi) is 3.97. The number of H-pyrrole nitrogens is 2. The molecular formula is C18H12ClFN4O3. The van der Waals surface area contributed by atoms with Crippen LogP contribution in [0, 0.1) is 5.82 Å². The highest BCUT2D eigenvalue weighted by molar-refractivity contribution is 6.31. The van der Waals surface area contributed by atoms with Gasteiger partial charge in [-0.1, -0.05) is 11.6 Å². The molecule has 0 saturated heterocycles. The molecule has 0 aliphatic heterocycles. The lowest BCUT2D eigenvalue weighted by molar-refractivity contribution is 0.100. The van der Waals surface area contributed by atoms with E-state index in [1.54, 1.807) is 24.3 Å². The van der Waals surface area contributed by atoms with E-state index >= 15 is 0 Å². The number of aromatic nitrogens is 3. The highest BCUT2D eigenvalue weighted by atomic mass is 35.5. The normalized spacial score (nSPS) is 11.0. The molecule has 0 saturated carbocycles. The summed E-state index contributed by atoms with van der Waals surface area (Å²) in [5, 5.41) is 11.6. The molecule has 0 atom stereocenters. The van der Waals surface area contributed by atoms with Gasteiger partial charge in [0.1, 0.15) is 17.2 Å². The van der Waals surface area contributed by atoms with Crippen LogP contribution in [0.4, 0.5) is 4.39 Å². The number of halogens is 2. The second-order valence-corrected chi connectivity index (χ2v) is 6.26. The number of benzene rings is 2. The van der Waals surface area contributed by atoms with Crippen LogP contribution >= 0.6 is 11.6 Å². The lowest BCUT2D eigenvalue weighted by atomic mass is 10.1. The largest absolute Gasteiger partial charge is 0.492 e. The van der Waals surface area contributed by atoms with Crippen LogP contribution in [0.3, 0.4) is 0 Å². The predicted molar refractivity (Wildman–Crippen MR) is 99.1 cm³/mol. The number of aromatic hydroxyl groups is 1. The third kappa shape index (κ3) is 3.06. The van der Waals surface area contributed by atoms with Gasteiger partial charge in [-0.25, -0.2) is 9.18 Å². The number of carbonyl (C=O) groups is 1. The van der Waals surface area contributed by atoms with Crippen molar-refractivity contribution in [3.05, 3.63) is 75.5 Å². The quantitative estimate of drug-likeness (QED) is 0.434. The van der Waals surface area contributed by atoms with Gasteiger partial charge >= 0.3 is 5.69 Å². The summed E-state index contributed by atoms with van der Waals surface area (Å²) in [5.74, 6) is -1.59. The standard InChI is InChI=1S/C18H12ClFN4O3/c19-11-3-6-13-10(7-11)8-14(21-13)16(25)23-24-17(26)15(22-18(24)27)9-1-4-12(20)5-2-9/h1-8,21,26H,(H,22,27)(H,23,25). The molecule has 136 valence electrons. The average Bonchev–Trinajstić information content (AvgIpc) is 3.18. The maximum atomic E-state index is 13.1. The summed E-state index contributed by atoms with van der Waals surface area (Å²) in [5.41, 5.74) is 2.89. The maximum absolute atomic E-state index is 13.1. The number of imidazole rings is 1. The summed E-state index contributed by atoms with van der Waals surface area (Å²) >= 11 is 5.93. The minimum absolute atomic E-state index is 0.0590. The van der Waals surface area contributed by atoms with Gasteiger partial charge in [0.25, 0.3) is 5.91 Å². The van der Waals surface area contributed by atoms with Crippen LogP contribution in [0.25, 0.3) is 22.2 Å². The lowest BCUT2D eigenvalue weighted by Gasteiger charge is -2.05. The lowest BCUT2D eigenvalue weighted by Crippen LogP contribution is -2.31. The van der Waals surface area contributed by atoms with Gasteiger partial charge in [-0.3, -0.25) is 10.2 Å². The number of nitrogens with zero attached hydrogens (tertiary/aromatic N) is 1.